The molecule has 4 aliphatic rings. The van der Waals surface area contributed by atoms with Crippen molar-refractivity contribution in [3.63, 3.8) is 0 Å². The molecule has 2 aromatic rings. The van der Waals surface area contributed by atoms with E-state index in [4.69, 9.17) is 18.9 Å². The van der Waals surface area contributed by atoms with Gasteiger partial charge in [0.05, 0.1) is 31.1 Å². The summed E-state index contributed by atoms with van der Waals surface area (Å²) < 4.78 is 22.6. The maximum absolute atomic E-state index is 13.8. The van der Waals surface area contributed by atoms with Gasteiger partial charge in [-0.2, -0.15) is 0 Å². The summed E-state index contributed by atoms with van der Waals surface area (Å²) in [5.41, 5.74) is 0.0267. The molecule has 2 fully saturated rings. The van der Waals surface area contributed by atoms with Crippen molar-refractivity contribution in [1.82, 2.24) is 10.2 Å². The van der Waals surface area contributed by atoms with E-state index in [9.17, 15) is 9.59 Å². The van der Waals surface area contributed by atoms with Crippen molar-refractivity contribution in [3.8, 4) is 17.2 Å². The largest absolute Gasteiger partial charge is 0.496 e. The fraction of sp³-hybridized carbons (Fsp3) is 0.385. The van der Waals surface area contributed by atoms with Crippen LogP contribution in [-0.2, 0) is 27.4 Å². The number of nitrogens with zero attached hydrogens (tertiary/aromatic N) is 1. The molecular formula is C26H26N2O6. The molecule has 176 valence electrons. The monoisotopic (exact) mass is 462 g/mol. The standard InChI is InChI=1S/C26H26N2O6/c1-25-22(23(29)27-12-17-5-3-4-6-18(17)31-2)20-9-10-26(25,34-20)14-28(24(25)30)13-16-7-8-19-21(11-16)33-15-32-19/h3-11,20,22H,12-15H2,1-2H3,(H,27,29)/t20-,22+,25-,26-/m0/s1. The number of hydrogen-bond donors (Lipinski definition) is 1. The summed E-state index contributed by atoms with van der Waals surface area (Å²) in [7, 11) is 1.60. The molecule has 8 nitrogen and oxygen atoms in total. The van der Waals surface area contributed by atoms with Gasteiger partial charge in [-0.3, -0.25) is 9.59 Å². The van der Waals surface area contributed by atoms with Gasteiger partial charge in [0.1, 0.15) is 11.4 Å². The lowest BCUT2D eigenvalue weighted by molar-refractivity contribution is -0.143. The molecule has 2 amide bonds. The topological polar surface area (TPSA) is 86.3 Å². The van der Waals surface area contributed by atoms with Gasteiger partial charge in [-0.1, -0.05) is 36.4 Å². The number of ether oxygens (including phenoxy) is 4. The molecule has 0 saturated carbocycles. The van der Waals surface area contributed by atoms with Crippen molar-refractivity contribution in [1.29, 1.82) is 0 Å². The minimum absolute atomic E-state index is 0.0746. The molecule has 6 rings (SSSR count). The highest BCUT2D eigenvalue weighted by Crippen LogP contribution is 2.60. The first-order valence-electron chi connectivity index (χ1n) is 11.4. The quantitative estimate of drug-likeness (QED) is 0.664. The first kappa shape index (κ1) is 21.0. The highest BCUT2D eigenvalue weighted by Gasteiger charge is 2.74. The highest BCUT2D eigenvalue weighted by atomic mass is 16.7. The van der Waals surface area contributed by atoms with E-state index < -0.39 is 23.0 Å². The second kappa shape index (κ2) is 7.50. The molecule has 4 heterocycles. The number of carbonyl (C=O) groups excluding carboxylic acids is 2. The predicted molar refractivity (Wildman–Crippen MR) is 121 cm³/mol. The van der Waals surface area contributed by atoms with Crippen molar-refractivity contribution in [2.24, 2.45) is 11.3 Å². The number of para-hydroxylation sites is 1. The molecule has 0 unspecified atom stereocenters. The van der Waals surface area contributed by atoms with E-state index >= 15 is 0 Å². The van der Waals surface area contributed by atoms with Gasteiger partial charge in [-0.05, 0) is 30.7 Å². The first-order chi connectivity index (χ1) is 16.4. The Morgan fingerprint density at radius 1 is 1.21 bits per heavy atom. The Morgan fingerprint density at radius 2 is 2.03 bits per heavy atom. The van der Waals surface area contributed by atoms with Crippen LogP contribution in [0.25, 0.3) is 0 Å². The van der Waals surface area contributed by atoms with E-state index in [1.807, 2.05) is 61.5 Å². The number of nitrogens with one attached hydrogen (secondary N) is 1. The molecule has 2 saturated heterocycles. The maximum Gasteiger partial charge on any atom is 0.233 e. The van der Waals surface area contributed by atoms with Crippen molar-refractivity contribution in [2.75, 3.05) is 20.4 Å². The Hall–Kier alpha value is -3.52. The number of methoxy groups -OCH3 is 1. The van der Waals surface area contributed by atoms with Crippen LogP contribution in [0.2, 0.25) is 0 Å². The molecule has 34 heavy (non-hydrogen) atoms. The van der Waals surface area contributed by atoms with Gasteiger partial charge in [0.2, 0.25) is 18.6 Å². The van der Waals surface area contributed by atoms with Gasteiger partial charge in [0, 0.05) is 18.7 Å². The van der Waals surface area contributed by atoms with Gasteiger partial charge < -0.3 is 29.2 Å². The summed E-state index contributed by atoms with van der Waals surface area (Å²) in [6, 6.07) is 13.2. The molecule has 1 spiro atoms. The minimum atomic E-state index is -0.979. The summed E-state index contributed by atoms with van der Waals surface area (Å²) in [5, 5.41) is 3.01. The zero-order chi connectivity index (χ0) is 23.5. The Balaban J connectivity index is 1.23. The number of fused-ring (bicyclic) bond motifs is 2. The molecule has 2 bridgehead atoms. The Bertz CT molecular complexity index is 1210. The highest BCUT2D eigenvalue weighted by molar-refractivity contribution is 5.96. The van der Waals surface area contributed by atoms with E-state index in [2.05, 4.69) is 5.32 Å². The van der Waals surface area contributed by atoms with Crippen LogP contribution >= 0.6 is 0 Å². The van der Waals surface area contributed by atoms with Crippen molar-refractivity contribution in [2.45, 2.75) is 31.7 Å². The normalized spacial score (nSPS) is 30.1. The van der Waals surface area contributed by atoms with E-state index in [1.54, 1.807) is 12.0 Å². The number of benzene rings is 2. The zero-order valence-electron chi connectivity index (χ0n) is 19.1. The summed E-state index contributed by atoms with van der Waals surface area (Å²) in [5.74, 6) is 1.22. The zero-order valence-corrected chi connectivity index (χ0v) is 19.1. The third-order valence-corrected chi connectivity index (χ3v) is 7.63. The summed E-state index contributed by atoms with van der Waals surface area (Å²) in [4.78, 5) is 29.0. The van der Waals surface area contributed by atoms with Crippen LogP contribution in [0.4, 0.5) is 0 Å². The molecule has 0 aromatic heterocycles. The van der Waals surface area contributed by atoms with E-state index in [0.29, 0.717) is 36.9 Å². The van der Waals surface area contributed by atoms with Crippen LogP contribution in [0, 0.1) is 11.3 Å². The maximum atomic E-state index is 13.8. The fourth-order valence-corrected chi connectivity index (χ4v) is 5.83. The van der Waals surface area contributed by atoms with Crippen molar-refractivity contribution in [3.05, 3.63) is 65.7 Å². The average molecular weight is 463 g/mol. The summed E-state index contributed by atoms with van der Waals surface area (Å²) in [6.45, 7) is 3.19. The van der Waals surface area contributed by atoms with Crippen LogP contribution < -0.4 is 19.5 Å². The van der Waals surface area contributed by atoms with E-state index in [-0.39, 0.29) is 18.6 Å². The second-order valence-corrected chi connectivity index (χ2v) is 9.39. The van der Waals surface area contributed by atoms with Crippen LogP contribution in [-0.4, -0.2) is 48.9 Å². The van der Waals surface area contributed by atoms with Gasteiger partial charge in [-0.25, -0.2) is 0 Å². The molecule has 4 aliphatic heterocycles. The third-order valence-electron chi connectivity index (χ3n) is 7.63. The molecule has 2 aromatic carbocycles. The summed E-state index contributed by atoms with van der Waals surface area (Å²) in [6.07, 6.45) is 3.48. The minimum Gasteiger partial charge on any atom is -0.496 e. The van der Waals surface area contributed by atoms with Crippen LogP contribution in [0.1, 0.15) is 18.1 Å². The Morgan fingerprint density at radius 3 is 2.88 bits per heavy atom. The van der Waals surface area contributed by atoms with Crippen molar-refractivity contribution < 1.29 is 28.5 Å². The first-order valence-corrected chi connectivity index (χ1v) is 11.4. The van der Waals surface area contributed by atoms with Crippen LogP contribution in [0.5, 0.6) is 17.2 Å². The SMILES string of the molecule is COc1ccccc1CNC(=O)[C@H]1[C@@H]2C=C[C@@]3(CN(Cc4ccc5c(c4)OCO5)C(=O)[C@]13C)O2. The molecule has 8 heteroatoms. The lowest BCUT2D eigenvalue weighted by atomic mass is 9.64. The predicted octanol–water partition coefficient (Wildman–Crippen LogP) is 2.41. The Kier molecular flexibility index (Phi) is 4.64. The van der Waals surface area contributed by atoms with E-state index in [0.717, 1.165) is 11.1 Å². The van der Waals surface area contributed by atoms with Gasteiger partial charge in [0.15, 0.2) is 11.5 Å². The smallest absolute Gasteiger partial charge is 0.233 e. The van der Waals surface area contributed by atoms with Gasteiger partial charge >= 0.3 is 0 Å². The van der Waals surface area contributed by atoms with Gasteiger partial charge in [0.25, 0.3) is 0 Å². The van der Waals surface area contributed by atoms with E-state index in [1.165, 1.54) is 0 Å². The van der Waals surface area contributed by atoms with Crippen LogP contribution in [0.3, 0.4) is 0 Å². The molecule has 4 atom stereocenters. The third kappa shape index (κ3) is 2.88. The lowest BCUT2D eigenvalue weighted by Gasteiger charge is -2.34. The number of rotatable bonds is 6. The average Bonchev–Trinajstić information content (AvgIpc) is 3.58. The molecular weight excluding hydrogens is 436 g/mol. The second-order valence-electron chi connectivity index (χ2n) is 9.39. The number of carbonyl (C=O) groups is 2. The number of likely N-dealkylation sites (tertiary alicyclic amines) is 1. The van der Waals surface area contributed by atoms with Crippen LogP contribution in [0.15, 0.2) is 54.6 Å². The number of amides is 2. The Labute approximate surface area is 197 Å². The van der Waals surface area contributed by atoms with Gasteiger partial charge in [-0.15, -0.1) is 0 Å². The number of hydrogen-bond acceptors (Lipinski definition) is 6. The molecule has 1 N–H and O–H groups in total. The fourth-order valence-electron chi connectivity index (χ4n) is 5.83. The summed E-state index contributed by atoms with van der Waals surface area (Å²) >= 11 is 0. The molecule has 0 radical (unpaired) electrons. The molecule has 0 aliphatic carbocycles. The lowest BCUT2D eigenvalue weighted by Crippen LogP contribution is -2.52. The van der Waals surface area contributed by atoms with Crippen molar-refractivity contribution >= 4 is 11.8 Å².